The molecule has 2 rings (SSSR count). The summed E-state index contributed by atoms with van der Waals surface area (Å²) < 4.78 is 0. The second kappa shape index (κ2) is 5.30. The molecule has 0 aliphatic heterocycles. The van der Waals surface area contributed by atoms with Gasteiger partial charge in [0.25, 0.3) is 11.5 Å². The van der Waals surface area contributed by atoms with Gasteiger partial charge in [-0.1, -0.05) is 0 Å². The average Bonchev–Trinajstić information content (AvgIpc) is 2.40. The lowest BCUT2D eigenvalue weighted by molar-refractivity contribution is 0.102. The molecule has 0 unspecified atom stereocenters. The van der Waals surface area contributed by atoms with Crippen LogP contribution in [0.25, 0.3) is 0 Å². The minimum absolute atomic E-state index is 0.135. The van der Waals surface area contributed by atoms with Crippen molar-refractivity contribution in [2.75, 3.05) is 24.3 Å². The quantitative estimate of drug-likeness (QED) is 0.836. The first-order valence-corrected chi connectivity index (χ1v) is 5.57. The highest BCUT2D eigenvalue weighted by Gasteiger charge is 2.08. The molecule has 0 radical (unpaired) electrons. The van der Waals surface area contributed by atoms with E-state index in [2.05, 4.69) is 20.5 Å². The van der Waals surface area contributed by atoms with Gasteiger partial charge in [0, 0.05) is 20.2 Å². The van der Waals surface area contributed by atoms with Gasteiger partial charge in [-0.25, -0.2) is 10.1 Å². The normalized spacial score (nSPS) is 10.0. The van der Waals surface area contributed by atoms with Crippen LogP contribution in [-0.2, 0) is 0 Å². The number of carbonyl (C=O) groups is 1. The smallest absolute Gasteiger partial charge is 0.276 e. The van der Waals surface area contributed by atoms with Crippen molar-refractivity contribution in [1.82, 2.24) is 15.2 Å². The van der Waals surface area contributed by atoms with Gasteiger partial charge >= 0.3 is 0 Å². The number of H-pyrrole nitrogens is 1. The molecule has 19 heavy (non-hydrogen) atoms. The number of hydrogen-bond donors (Lipinski definition) is 2. The van der Waals surface area contributed by atoms with Crippen LogP contribution in [0, 0.1) is 0 Å². The lowest BCUT2D eigenvalue weighted by Gasteiger charge is -2.11. The van der Waals surface area contributed by atoms with Crippen LogP contribution in [0.4, 0.5) is 11.5 Å². The summed E-state index contributed by atoms with van der Waals surface area (Å²) in [6, 6.07) is 6.13. The van der Waals surface area contributed by atoms with Crippen LogP contribution in [0.3, 0.4) is 0 Å². The zero-order valence-corrected chi connectivity index (χ0v) is 10.5. The molecule has 7 nitrogen and oxygen atoms in total. The summed E-state index contributed by atoms with van der Waals surface area (Å²) in [5, 5.41) is 8.48. The van der Waals surface area contributed by atoms with Crippen molar-refractivity contribution in [3.63, 3.8) is 0 Å². The van der Waals surface area contributed by atoms with Gasteiger partial charge in [-0.3, -0.25) is 9.59 Å². The van der Waals surface area contributed by atoms with Crippen molar-refractivity contribution in [3.8, 4) is 0 Å². The van der Waals surface area contributed by atoms with Gasteiger partial charge in [0.05, 0.1) is 11.9 Å². The molecule has 0 aromatic carbocycles. The van der Waals surface area contributed by atoms with Crippen LogP contribution in [-0.4, -0.2) is 35.2 Å². The molecule has 2 N–H and O–H groups in total. The Kier molecular flexibility index (Phi) is 3.56. The second-order valence-electron chi connectivity index (χ2n) is 4.06. The summed E-state index contributed by atoms with van der Waals surface area (Å²) in [4.78, 5) is 28.7. The summed E-state index contributed by atoms with van der Waals surface area (Å²) >= 11 is 0. The number of nitrogens with zero attached hydrogens (tertiary/aromatic N) is 3. The number of anilines is 2. The molecule has 0 saturated carbocycles. The monoisotopic (exact) mass is 259 g/mol. The first-order valence-electron chi connectivity index (χ1n) is 5.57. The molecule has 98 valence electrons. The highest BCUT2D eigenvalue weighted by molar-refractivity contribution is 6.02. The molecule has 2 heterocycles. The number of rotatable bonds is 3. The van der Waals surface area contributed by atoms with Crippen LogP contribution < -0.4 is 15.8 Å². The molecule has 7 heteroatoms. The lowest BCUT2D eigenvalue weighted by Crippen LogP contribution is -2.17. The maximum Gasteiger partial charge on any atom is 0.276 e. The zero-order valence-electron chi connectivity index (χ0n) is 10.5. The number of carbonyl (C=O) groups excluding carboxylic acids is 1. The second-order valence-corrected chi connectivity index (χ2v) is 4.06. The first-order chi connectivity index (χ1) is 9.06. The van der Waals surface area contributed by atoms with E-state index in [0.29, 0.717) is 5.69 Å². The van der Waals surface area contributed by atoms with E-state index in [-0.39, 0.29) is 11.3 Å². The molecule has 0 bridgehead atoms. The van der Waals surface area contributed by atoms with Crippen molar-refractivity contribution in [3.05, 3.63) is 46.5 Å². The van der Waals surface area contributed by atoms with Crippen LogP contribution >= 0.6 is 0 Å². The van der Waals surface area contributed by atoms with Crippen LogP contribution in [0.2, 0.25) is 0 Å². The fourth-order valence-corrected chi connectivity index (χ4v) is 1.39. The van der Waals surface area contributed by atoms with Gasteiger partial charge in [-0.2, -0.15) is 5.10 Å². The van der Waals surface area contributed by atoms with Crippen LogP contribution in [0.15, 0.2) is 35.3 Å². The Morgan fingerprint density at radius 3 is 2.58 bits per heavy atom. The Hall–Kier alpha value is -2.70. The third kappa shape index (κ3) is 3.15. The Balaban J connectivity index is 2.10. The molecular formula is C12H13N5O2. The largest absolute Gasteiger partial charge is 0.363 e. The molecule has 0 spiro atoms. The van der Waals surface area contributed by atoms with Gasteiger partial charge < -0.3 is 10.2 Å². The highest BCUT2D eigenvalue weighted by atomic mass is 16.2. The van der Waals surface area contributed by atoms with Gasteiger partial charge in [0.1, 0.15) is 11.5 Å². The van der Waals surface area contributed by atoms with Gasteiger partial charge in [-0.05, 0) is 18.2 Å². The van der Waals surface area contributed by atoms with E-state index in [1.54, 1.807) is 18.3 Å². The molecule has 2 aromatic rings. The third-order valence-electron chi connectivity index (χ3n) is 2.38. The van der Waals surface area contributed by atoms with Crippen molar-refractivity contribution in [2.24, 2.45) is 0 Å². The maximum absolute atomic E-state index is 11.8. The van der Waals surface area contributed by atoms with Crippen molar-refractivity contribution < 1.29 is 4.79 Å². The number of aromatic amines is 1. The van der Waals surface area contributed by atoms with Crippen molar-refractivity contribution in [2.45, 2.75) is 0 Å². The zero-order chi connectivity index (χ0) is 13.8. The fourth-order valence-electron chi connectivity index (χ4n) is 1.39. The Morgan fingerprint density at radius 2 is 2.05 bits per heavy atom. The minimum Gasteiger partial charge on any atom is -0.363 e. The third-order valence-corrected chi connectivity index (χ3v) is 2.38. The molecule has 0 fully saturated rings. The van der Waals surface area contributed by atoms with E-state index in [1.807, 2.05) is 19.0 Å². The number of aromatic nitrogens is 3. The molecule has 0 atom stereocenters. The van der Waals surface area contributed by atoms with E-state index in [0.717, 1.165) is 5.82 Å². The summed E-state index contributed by atoms with van der Waals surface area (Å²) in [5.74, 6) is 0.385. The molecule has 1 amide bonds. The number of hydrogen-bond acceptors (Lipinski definition) is 5. The molecule has 0 saturated heterocycles. The fraction of sp³-hybridized carbons (Fsp3) is 0.167. The number of pyridine rings is 1. The predicted molar refractivity (Wildman–Crippen MR) is 71.4 cm³/mol. The number of nitrogens with one attached hydrogen (secondary N) is 2. The van der Waals surface area contributed by atoms with E-state index >= 15 is 0 Å². The SMILES string of the molecule is CN(C)c1ccc(NC(=O)c2ccc(=O)[nH]n2)cn1. The Labute approximate surface area is 109 Å². The molecule has 0 aliphatic carbocycles. The molecular weight excluding hydrogens is 246 g/mol. The minimum atomic E-state index is -0.407. The Morgan fingerprint density at radius 1 is 1.26 bits per heavy atom. The van der Waals surface area contributed by atoms with Crippen LogP contribution in [0.1, 0.15) is 10.5 Å². The van der Waals surface area contributed by atoms with Gasteiger partial charge in [-0.15, -0.1) is 0 Å². The van der Waals surface area contributed by atoms with E-state index in [1.165, 1.54) is 12.1 Å². The van der Waals surface area contributed by atoms with Gasteiger partial charge in [0.15, 0.2) is 0 Å². The van der Waals surface area contributed by atoms with E-state index in [4.69, 9.17) is 0 Å². The topological polar surface area (TPSA) is 91.0 Å². The van der Waals surface area contributed by atoms with Gasteiger partial charge in [0.2, 0.25) is 0 Å². The maximum atomic E-state index is 11.8. The lowest BCUT2D eigenvalue weighted by atomic mass is 10.3. The van der Waals surface area contributed by atoms with E-state index < -0.39 is 5.91 Å². The summed E-state index contributed by atoms with van der Waals surface area (Å²) in [6.07, 6.45) is 1.55. The summed E-state index contributed by atoms with van der Waals surface area (Å²) in [5.41, 5.74) is 0.341. The van der Waals surface area contributed by atoms with E-state index in [9.17, 15) is 9.59 Å². The first kappa shape index (κ1) is 12.7. The average molecular weight is 259 g/mol. The van der Waals surface area contributed by atoms with Crippen molar-refractivity contribution in [1.29, 1.82) is 0 Å². The Bertz CT molecular complexity index is 613. The molecule has 0 aliphatic rings. The predicted octanol–water partition coefficient (Wildman–Crippen LogP) is 0.483. The van der Waals surface area contributed by atoms with Crippen LogP contribution in [0.5, 0.6) is 0 Å². The van der Waals surface area contributed by atoms with Crippen molar-refractivity contribution >= 4 is 17.4 Å². The standard InChI is InChI=1S/C12H13N5O2/c1-17(2)10-5-3-8(7-13-10)14-12(19)9-4-6-11(18)16-15-9/h3-7H,1-2H3,(H,14,19)(H,16,18). The summed E-state index contributed by atoms with van der Waals surface area (Å²) in [7, 11) is 3.76. The highest BCUT2D eigenvalue weighted by Crippen LogP contribution is 2.12. The molecule has 2 aromatic heterocycles. The number of amides is 1. The summed E-state index contributed by atoms with van der Waals surface area (Å²) in [6.45, 7) is 0.